The van der Waals surface area contributed by atoms with Crippen molar-refractivity contribution in [1.82, 2.24) is 0 Å². The second-order valence-electron chi connectivity index (χ2n) is 9.53. The minimum Gasteiger partial charge on any atom is -0.490 e. The number of ether oxygens (including phenoxy) is 2. The first-order chi connectivity index (χ1) is 17.6. The second-order valence-corrected chi connectivity index (χ2v) is 9.93. The third kappa shape index (κ3) is 5.01. The summed E-state index contributed by atoms with van der Waals surface area (Å²) in [5.41, 5.74) is 7.03. The van der Waals surface area contributed by atoms with E-state index in [1.54, 1.807) is 0 Å². The van der Waals surface area contributed by atoms with Crippen molar-refractivity contribution in [2.24, 2.45) is 10.9 Å². The fourth-order valence-electron chi connectivity index (χ4n) is 5.23. The van der Waals surface area contributed by atoms with E-state index < -0.39 is 0 Å². The highest BCUT2D eigenvalue weighted by atomic mass is 35.5. The van der Waals surface area contributed by atoms with E-state index >= 15 is 0 Å². The average molecular weight is 501 g/mol. The first kappa shape index (κ1) is 24.5. The molecule has 2 aliphatic rings. The Morgan fingerprint density at radius 1 is 1.06 bits per heavy atom. The molecule has 1 heterocycles. The average Bonchev–Trinajstić information content (AvgIpc) is 3.38. The van der Waals surface area contributed by atoms with Crippen LogP contribution in [-0.4, -0.2) is 19.4 Å². The lowest BCUT2D eigenvalue weighted by molar-refractivity contribution is 0.277. The monoisotopic (exact) mass is 500 g/mol. The van der Waals surface area contributed by atoms with Crippen molar-refractivity contribution in [3.8, 4) is 11.5 Å². The summed E-state index contributed by atoms with van der Waals surface area (Å²) in [6.45, 7) is 7.31. The number of aliphatic imine (C=N–C) groups is 1. The number of allylic oxidation sites excluding steroid dienone is 2. The van der Waals surface area contributed by atoms with Crippen molar-refractivity contribution in [2.75, 3.05) is 18.5 Å². The van der Waals surface area contributed by atoms with Crippen LogP contribution in [0.4, 0.5) is 11.4 Å². The van der Waals surface area contributed by atoms with Gasteiger partial charge in [0.2, 0.25) is 0 Å². The molecule has 1 aliphatic heterocycles. The Labute approximate surface area is 219 Å². The van der Waals surface area contributed by atoms with Crippen LogP contribution in [0.5, 0.6) is 11.5 Å². The number of benzene rings is 3. The van der Waals surface area contributed by atoms with Gasteiger partial charge in [-0.05, 0) is 79.6 Å². The molecule has 0 fully saturated rings. The maximum atomic E-state index is 6.50. The predicted molar refractivity (Wildman–Crippen MR) is 150 cm³/mol. The second kappa shape index (κ2) is 10.8. The molecule has 5 heteroatoms. The van der Waals surface area contributed by atoms with Gasteiger partial charge < -0.3 is 14.8 Å². The van der Waals surface area contributed by atoms with E-state index in [-0.39, 0.29) is 6.04 Å². The molecule has 3 aromatic carbocycles. The Bertz CT molecular complexity index is 1280. The SMILES string of the molecule is CCCOc1c(Cl)cc(C=Nc2ccc([C@@H]3Nc4ccc(C)cc4[C@@H]4C=CC[C@H]43)cc2)cc1OCC. The number of hydrogen-bond acceptors (Lipinski definition) is 4. The standard InChI is InChI=1S/C31H33ClN2O2/c1-4-15-36-31-27(32)17-21(18-29(31)35-5-2)19-33-23-12-10-22(11-13-23)30-25-8-6-7-24(25)26-16-20(3)9-14-28(26)34-30/h6-7,9-14,16-19,24-25,30,34H,4-5,8,15H2,1-3H3/t24-,25-,30+/m1/s1. The molecule has 1 aliphatic carbocycles. The van der Waals surface area contributed by atoms with Gasteiger partial charge in [-0.1, -0.05) is 60.5 Å². The summed E-state index contributed by atoms with van der Waals surface area (Å²) >= 11 is 6.50. The third-order valence-corrected chi connectivity index (χ3v) is 7.20. The lowest BCUT2D eigenvalue weighted by atomic mass is 9.76. The molecule has 0 aromatic heterocycles. The highest BCUT2D eigenvalue weighted by Gasteiger charge is 2.37. The predicted octanol–water partition coefficient (Wildman–Crippen LogP) is 8.41. The number of aryl methyl sites for hydroxylation is 1. The molecule has 186 valence electrons. The van der Waals surface area contributed by atoms with Gasteiger partial charge in [0, 0.05) is 17.8 Å². The number of anilines is 1. The van der Waals surface area contributed by atoms with E-state index in [2.05, 4.69) is 73.8 Å². The quantitative estimate of drug-likeness (QED) is 0.249. The molecule has 1 N–H and O–H groups in total. The minimum absolute atomic E-state index is 0.279. The summed E-state index contributed by atoms with van der Waals surface area (Å²) < 4.78 is 11.6. The maximum Gasteiger partial charge on any atom is 0.179 e. The van der Waals surface area contributed by atoms with Gasteiger partial charge in [-0.2, -0.15) is 0 Å². The first-order valence-corrected chi connectivity index (χ1v) is 13.2. The zero-order chi connectivity index (χ0) is 25.1. The van der Waals surface area contributed by atoms with E-state index in [1.807, 2.05) is 25.3 Å². The van der Waals surface area contributed by atoms with Crippen molar-refractivity contribution in [1.29, 1.82) is 0 Å². The van der Waals surface area contributed by atoms with Crippen molar-refractivity contribution < 1.29 is 9.47 Å². The summed E-state index contributed by atoms with van der Waals surface area (Å²) in [7, 11) is 0. The van der Waals surface area contributed by atoms with Crippen LogP contribution in [0.2, 0.25) is 5.02 Å². The van der Waals surface area contributed by atoms with Crippen LogP contribution in [0.1, 0.15) is 60.9 Å². The summed E-state index contributed by atoms with van der Waals surface area (Å²) in [6, 6.07) is 19.4. The number of hydrogen-bond donors (Lipinski definition) is 1. The van der Waals surface area contributed by atoms with Gasteiger partial charge in [0.05, 0.1) is 30.0 Å². The Hall–Kier alpha value is -3.24. The molecule has 0 saturated carbocycles. The number of nitrogens with zero attached hydrogens (tertiary/aromatic N) is 1. The van der Waals surface area contributed by atoms with Crippen LogP contribution in [0.25, 0.3) is 0 Å². The lowest BCUT2D eigenvalue weighted by Gasteiger charge is -2.37. The highest BCUT2D eigenvalue weighted by Crippen LogP contribution is 2.50. The molecular weight excluding hydrogens is 468 g/mol. The summed E-state index contributed by atoms with van der Waals surface area (Å²) in [4.78, 5) is 4.70. The third-order valence-electron chi connectivity index (χ3n) is 6.92. The fraction of sp³-hybridized carbons (Fsp3) is 0.323. The number of rotatable bonds is 8. The molecular formula is C31H33ClN2O2. The van der Waals surface area contributed by atoms with Crippen LogP contribution >= 0.6 is 11.6 Å². The first-order valence-electron chi connectivity index (χ1n) is 12.8. The van der Waals surface area contributed by atoms with Gasteiger partial charge in [-0.15, -0.1) is 0 Å². The van der Waals surface area contributed by atoms with Crippen LogP contribution in [0.15, 0.2) is 71.7 Å². The molecule has 36 heavy (non-hydrogen) atoms. The molecule has 0 radical (unpaired) electrons. The summed E-state index contributed by atoms with van der Waals surface area (Å²) in [5, 5.41) is 4.35. The Kier molecular flexibility index (Phi) is 7.33. The van der Waals surface area contributed by atoms with Gasteiger partial charge in [-0.25, -0.2) is 0 Å². The molecule has 0 bridgehead atoms. The van der Waals surface area contributed by atoms with E-state index in [0.29, 0.717) is 41.6 Å². The molecule has 0 spiro atoms. The van der Waals surface area contributed by atoms with Crippen LogP contribution in [0, 0.1) is 12.8 Å². The van der Waals surface area contributed by atoms with E-state index in [4.69, 9.17) is 26.1 Å². The van der Waals surface area contributed by atoms with Gasteiger partial charge >= 0.3 is 0 Å². The van der Waals surface area contributed by atoms with E-state index in [1.165, 1.54) is 22.4 Å². The molecule has 3 aromatic rings. The topological polar surface area (TPSA) is 42.8 Å². The minimum atomic E-state index is 0.279. The summed E-state index contributed by atoms with van der Waals surface area (Å²) in [6.07, 6.45) is 8.54. The Morgan fingerprint density at radius 3 is 2.67 bits per heavy atom. The van der Waals surface area contributed by atoms with Crippen LogP contribution in [0.3, 0.4) is 0 Å². The molecule has 4 nitrogen and oxygen atoms in total. The van der Waals surface area contributed by atoms with Crippen molar-refractivity contribution in [2.45, 2.75) is 45.6 Å². The van der Waals surface area contributed by atoms with Gasteiger partial charge in [-0.3, -0.25) is 4.99 Å². The molecule has 0 amide bonds. The highest BCUT2D eigenvalue weighted by molar-refractivity contribution is 6.32. The smallest absolute Gasteiger partial charge is 0.179 e. The zero-order valence-corrected chi connectivity index (χ0v) is 21.9. The Morgan fingerprint density at radius 2 is 1.89 bits per heavy atom. The van der Waals surface area contributed by atoms with E-state index in [9.17, 15) is 0 Å². The van der Waals surface area contributed by atoms with Gasteiger partial charge in [0.1, 0.15) is 0 Å². The van der Waals surface area contributed by atoms with Crippen molar-refractivity contribution in [3.05, 3.63) is 94.0 Å². The lowest BCUT2D eigenvalue weighted by Crippen LogP contribution is -2.29. The molecule has 0 saturated heterocycles. The van der Waals surface area contributed by atoms with Gasteiger partial charge in [0.15, 0.2) is 11.5 Å². The Balaban J connectivity index is 1.34. The van der Waals surface area contributed by atoms with Crippen LogP contribution in [-0.2, 0) is 0 Å². The molecule has 3 atom stereocenters. The number of nitrogens with one attached hydrogen (secondary N) is 1. The molecule has 0 unspecified atom stereocenters. The zero-order valence-electron chi connectivity index (χ0n) is 21.1. The van der Waals surface area contributed by atoms with Crippen molar-refractivity contribution >= 4 is 29.2 Å². The largest absolute Gasteiger partial charge is 0.490 e. The fourth-order valence-corrected chi connectivity index (χ4v) is 5.50. The normalized spacial score (nSPS) is 20.2. The summed E-state index contributed by atoms with van der Waals surface area (Å²) in [5.74, 6) is 2.24. The van der Waals surface area contributed by atoms with Crippen molar-refractivity contribution in [3.63, 3.8) is 0 Å². The van der Waals surface area contributed by atoms with E-state index in [0.717, 1.165) is 24.1 Å². The number of halogens is 1. The molecule has 5 rings (SSSR count). The number of fused-ring (bicyclic) bond motifs is 3. The van der Waals surface area contributed by atoms with Gasteiger partial charge in [0.25, 0.3) is 0 Å². The maximum absolute atomic E-state index is 6.50. The van der Waals surface area contributed by atoms with Crippen LogP contribution < -0.4 is 14.8 Å².